The summed E-state index contributed by atoms with van der Waals surface area (Å²) in [5, 5.41) is 0. The maximum absolute atomic E-state index is 13.5. The molecule has 0 radical (unpaired) electrons. The van der Waals surface area contributed by atoms with Gasteiger partial charge in [0.05, 0.1) is 0 Å². The van der Waals surface area contributed by atoms with Gasteiger partial charge in [0.1, 0.15) is 5.41 Å². The Labute approximate surface area is 154 Å². The van der Waals surface area contributed by atoms with Gasteiger partial charge < -0.3 is 9.80 Å². The molecule has 1 aromatic rings. The van der Waals surface area contributed by atoms with Crippen molar-refractivity contribution < 1.29 is 14.4 Å². The molecule has 26 heavy (non-hydrogen) atoms. The molecule has 5 heteroatoms. The molecule has 1 amide bonds. The van der Waals surface area contributed by atoms with Gasteiger partial charge >= 0.3 is 0 Å². The van der Waals surface area contributed by atoms with Crippen LogP contribution in [0.1, 0.15) is 33.6 Å². The number of carbonyl (C=O) groups is 3. The molecule has 0 N–H and O–H groups in total. The van der Waals surface area contributed by atoms with E-state index in [1.54, 1.807) is 0 Å². The lowest BCUT2D eigenvalue weighted by Crippen LogP contribution is -2.57. The second-order valence-electron chi connectivity index (χ2n) is 8.64. The van der Waals surface area contributed by atoms with E-state index < -0.39 is 22.0 Å². The number of anilines is 1. The highest BCUT2D eigenvalue weighted by molar-refractivity contribution is 6.48. The van der Waals surface area contributed by atoms with Crippen LogP contribution in [-0.4, -0.2) is 48.6 Å². The van der Waals surface area contributed by atoms with Gasteiger partial charge in [-0.2, -0.15) is 0 Å². The second kappa shape index (κ2) is 5.41. The summed E-state index contributed by atoms with van der Waals surface area (Å²) in [6.45, 7) is 8.38. The Hall–Kier alpha value is -2.17. The van der Waals surface area contributed by atoms with Crippen LogP contribution in [0.5, 0.6) is 0 Å². The van der Waals surface area contributed by atoms with E-state index in [9.17, 15) is 14.4 Å². The number of hydrogen-bond acceptors (Lipinski definition) is 4. The average molecular weight is 354 g/mol. The Morgan fingerprint density at radius 2 is 1.50 bits per heavy atom. The number of piperazine rings is 1. The molecule has 1 aromatic carbocycles. The molecule has 0 aromatic heterocycles. The Morgan fingerprint density at radius 3 is 2.04 bits per heavy atom. The summed E-state index contributed by atoms with van der Waals surface area (Å²) >= 11 is 0. The largest absolute Gasteiger partial charge is 0.368 e. The molecule has 1 saturated heterocycles. The van der Waals surface area contributed by atoms with Crippen molar-refractivity contribution in [3.05, 3.63) is 30.3 Å². The summed E-state index contributed by atoms with van der Waals surface area (Å²) in [6.07, 6.45) is 1.12. The average Bonchev–Trinajstić information content (AvgIpc) is 2.93. The molecule has 1 heterocycles. The number of para-hydroxylation sites is 1. The molecular weight excluding hydrogens is 328 g/mol. The summed E-state index contributed by atoms with van der Waals surface area (Å²) in [6, 6.07) is 10.2. The predicted molar refractivity (Wildman–Crippen MR) is 98.8 cm³/mol. The van der Waals surface area contributed by atoms with Crippen LogP contribution in [0.3, 0.4) is 0 Å². The predicted octanol–water partition coefficient (Wildman–Crippen LogP) is 2.30. The molecule has 5 nitrogen and oxygen atoms in total. The van der Waals surface area contributed by atoms with Crippen LogP contribution in [0, 0.1) is 16.2 Å². The maximum atomic E-state index is 13.5. The Bertz CT molecular complexity index is 780. The van der Waals surface area contributed by atoms with Crippen LogP contribution in [0.2, 0.25) is 0 Å². The molecular formula is C21H26N2O3. The van der Waals surface area contributed by atoms with Crippen molar-refractivity contribution in [2.75, 3.05) is 31.1 Å². The van der Waals surface area contributed by atoms with Gasteiger partial charge in [-0.25, -0.2) is 0 Å². The minimum atomic E-state index is -1.16. The van der Waals surface area contributed by atoms with Gasteiger partial charge in [0.25, 0.3) is 0 Å². The SMILES string of the molecule is CC12CCC(C(=O)N3CCN(c4ccccc4)CC3)(C(=O)C1=O)C2(C)C. The van der Waals surface area contributed by atoms with Gasteiger partial charge in [0, 0.05) is 37.3 Å². The molecule has 2 saturated carbocycles. The molecule has 2 atom stereocenters. The lowest BCUT2D eigenvalue weighted by atomic mass is 9.64. The molecule has 2 bridgehead atoms. The first kappa shape index (κ1) is 17.3. The van der Waals surface area contributed by atoms with Gasteiger partial charge in [-0.3, -0.25) is 14.4 Å². The van der Waals surface area contributed by atoms with Crippen LogP contribution in [-0.2, 0) is 14.4 Å². The second-order valence-corrected chi connectivity index (χ2v) is 8.64. The van der Waals surface area contributed by atoms with Crippen molar-refractivity contribution in [1.29, 1.82) is 0 Å². The molecule has 2 unspecified atom stereocenters. The van der Waals surface area contributed by atoms with Crippen molar-refractivity contribution in [3.63, 3.8) is 0 Å². The molecule has 138 valence electrons. The van der Waals surface area contributed by atoms with E-state index in [1.807, 2.05) is 43.9 Å². The fraction of sp³-hybridized carbons (Fsp3) is 0.571. The summed E-state index contributed by atoms with van der Waals surface area (Å²) in [5.74, 6) is -0.924. The van der Waals surface area contributed by atoms with Crippen LogP contribution in [0.15, 0.2) is 30.3 Å². The highest BCUT2D eigenvalue weighted by atomic mass is 16.2. The van der Waals surface area contributed by atoms with Crippen LogP contribution < -0.4 is 4.90 Å². The quantitative estimate of drug-likeness (QED) is 0.604. The van der Waals surface area contributed by atoms with Crippen LogP contribution in [0.4, 0.5) is 5.69 Å². The minimum absolute atomic E-state index is 0.130. The van der Waals surface area contributed by atoms with Gasteiger partial charge in [-0.1, -0.05) is 39.0 Å². The first-order valence-electron chi connectivity index (χ1n) is 9.44. The molecule has 3 aliphatic rings. The van der Waals surface area contributed by atoms with Crippen LogP contribution >= 0.6 is 0 Å². The highest BCUT2D eigenvalue weighted by Crippen LogP contribution is 2.69. The van der Waals surface area contributed by atoms with Crippen LogP contribution in [0.25, 0.3) is 0 Å². The molecule has 3 fully saturated rings. The standard InChI is InChI=1S/C21H26N2O3/c1-19(2)20(3)9-10-21(19,17(25)16(20)24)18(26)23-13-11-22(12-14-23)15-7-5-4-6-8-15/h4-8H,9-14H2,1-3H3. The monoisotopic (exact) mass is 354 g/mol. The lowest BCUT2D eigenvalue weighted by Gasteiger charge is -2.43. The topological polar surface area (TPSA) is 57.7 Å². The smallest absolute Gasteiger partial charge is 0.237 e. The summed E-state index contributed by atoms with van der Waals surface area (Å²) in [5.41, 5.74) is -1.33. The van der Waals surface area contributed by atoms with E-state index in [-0.39, 0.29) is 11.7 Å². The van der Waals surface area contributed by atoms with Crippen molar-refractivity contribution in [2.45, 2.75) is 33.6 Å². The van der Waals surface area contributed by atoms with E-state index in [1.165, 1.54) is 0 Å². The summed E-state index contributed by atoms with van der Waals surface area (Å²) in [7, 11) is 0. The normalized spacial score (nSPS) is 33.0. The van der Waals surface area contributed by atoms with E-state index >= 15 is 0 Å². The number of ketones is 2. The van der Waals surface area contributed by atoms with Gasteiger partial charge in [0.2, 0.25) is 17.5 Å². The Balaban J connectivity index is 1.56. The summed E-state index contributed by atoms with van der Waals surface area (Å²) in [4.78, 5) is 43.0. The van der Waals surface area contributed by atoms with E-state index in [0.29, 0.717) is 25.9 Å². The number of fused-ring (bicyclic) bond motifs is 2. The number of Topliss-reactive ketones (excluding diaryl/α,β-unsaturated/α-hetero) is 2. The maximum Gasteiger partial charge on any atom is 0.237 e. The van der Waals surface area contributed by atoms with E-state index in [4.69, 9.17) is 0 Å². The zero-order valence-electron chi connectivity index (χ0n) is 15.7. The molecule has 2 aliphatic carbocycles. The summed E-state index contributed by atoms with van der Waals surface area (Å²) < 4.78 is 0. The first-order chi connectivity index (χ1) is 12.3. The van der Waals surface area contributed by atoms with E-state index in [0.717, 1.165) is 18.8 Å². The fourth-order valence-electron chi connectivity index (χ4n) is 5.32. The number of benzene rings is 1. The molecule has 0 spiro atoms. The number of amides is 1. The number of carbonyl (C=O) groups excluding carboxylic acids is 3. The first-order valence-corrected chi connectivity index (χ1v) is 9.44. The van der Waals surface area contributed by atoms with E-state index in [2.05, 4.69) is 17.0 Å². The number of rotatable bonds is 2. The van der Waals surface area contributed by atoms with Crippen molar-refractivity contribution in [1.82, 2.24) is 4.90 Å². The Kier molecular flexibility index (Phi) is 3.59. The minimum Gasteiger partial charge on any atom is -0.368 e. The third-order valence-corrected chi connectivity index (χ3v) is 7.59. The van der Waals surface area contributed by atoms with Gasteiger partial charge in [-0.15, -0.1) is 0 Å². The Morgan fingerprint density at radius 1 is 0.885 bits per heavy atom. The molecule has 1 aliphatic heterocycles. The third kappa shape index (κ3) is 1.89. The third-order valence-electron chi connectivity index (χ3n) is 7.59. The lowest BCUT2D eigenvalue weighted by molar-refractivity contribution is -0.155. The van der Waals surface area contributed by atoms with Crippen molar-refractivity contribution in [2.24, 2.45) is 16.2 Å². The van der Waals surface area contributed by atoms with Gasteiger partial charge in [0.15, 0.2) is 0 Å². The highest BCUT2D eigenvalue weighted by Gasteiger charge is 2.78. The number of hydrogen-bond donors (Lipinski definition) is 0. The molecule has 4 rings (SSSR count). The fourth-order valence-corrected chi connectivity index (χ4v) is 5.32. The van der Waals surface area contributed by atoms with Crippen molar-refractivity contribution in [3.8, 4) is 0 Å². The number of nitrogens with zero attached hydrogens (tertiary/aromatic N) is 2. The zero-order valence-corrected chi connectivity index (χ0v) is 15.7. The van der Waals surface area contributed by atoms with Gasteiger partial charge in [-0.05, 0) is 30.4 Å². The van der Waals surface area contributed by atoms with Crippen molar-refractivity contribution >= 4 is 23.2 Å². The zero-order chi connectivity index (χ0) is 18.7.